The Morgan fingerprint density at radius 1 is 1.34 bits per heavy atom. The topological polar surface area (TPSA) is 95.6 Å². The first-order chi connectivity index (χ1) is 15.0. The minimum atomic E-state index is 0. The van der Waals surface area contributed by atoms with E-state index in [1.165, 1.54) is 0 Å². The summed E-state index contributed by atoms with van der Waals surface area (Å²) >= 11 is 0. The van der Waals surface area contributed by atoms with Crippen molar-refractivity contribution < 1.29 is 9.32 Å². The predicted octanol–water partition coefficient (Wildman–Crippen LogP) is 3.62. The smallest absolute Gasteiger partial charge is 0.257 e. The lowest BCUT2D eigenvalue weighted by molar-refractivity contribution is -0.133. The standard InChI is InChI=1S/C23H34N6O2.HI/c1-5-8-20-27-21(31-28-20)18-10-7-9-17(13-18)14-25-23(24-6-2)26-19-11-12-29(15-19)22(30)16(3)4;/h7,9-10,13,16,19H,5-6,8,11-12,14-15H2,1-4H3,(H2,24,25,26);1H. The van der Waals surface area contributed by atoms with E-state index in [1.54, 1.807) is 0 Å². The van der Waals surface area contributed by atoms with E-state index in [1.807, 2.05) is 49.9 Å². The van der Waals surface area contributed by atoms with E-state index in [9.17, 15) is 4.79 Å². The molecule has 1 unspecified atom stereocenters. The zero-order valence-corrected chi connectivity index (χ0v) is 21.8. The average molecular weight is 554 g/mol. The number of rotatable bonds is 8. The highest BCUT2D eigenvalue weighted by molar-refractivity contribution is 14.0. The summed E-state index contributed by atoms with van der Waals surface area (Å²) in [7, 11) is 0. The van der Waals surface area contributed by atoms with Crippen molar-refractivity contribution in [3.8, 4) is 11.5 Å². The molecule has 0 radical (unpaired) electrons. The second kappa shape index (κ2) is 12.8. The third-order valence-electron chi connectivity index (χ3n) is 5.21. The third-order valence-corrected chi connectivity index (χ3v) is 5.21. The molecule has 32 heavy (non-hydrogen) atoms. The number of aliphatic imine (C=N–C) groups is 1. The third kappa shape index (κ3) is 7.18. The predicted molar refractivity (Wildman–Crippen MR) is 137 cm³/mol. The van der Waals surface area contributed by atoms with Gasteiger partial charge in [-0.25, -0.2) is 4.99 Å². The van der Waals surface area contributed by atoms with Gasteiger partial charge in [0.15, 0.2) is 11.8 Å². The lowest BCUT2D eigenvalue weighted by atomic mass is 10.1. The Kier molecular flexibility index (Phi) is 10.4. The number of hydrogen-bond acceptors (Lipinski definition) is 5. The van der Waals surface area contributed by atoms with E-state index in [0.717, 1.165) is 55.3 Å². The van der Waals surface area contributed by atoms with Crippen LogP contribution in [-0.4, -0.2) is 52.6 Å². The number of aryl methyl sites for hydroxylation is 1. The Hall–Kier alpha value is -2.17. The minimum Gasteiger partial charge on any atom is -0.357 e. The van der Waals surface area contributed by atoms with Crippen LogP contribution in [0.25, 0.3) is 11.5 Å². The van der Waals surface area contributed by atoms with Crippen LogP contribution in [0.4, 0.5) is 0 Å². The quantitative estimate of drug-likeness (QED) is 0.294. The van der Waals surface area contributed by atoms with Crippen LogP contribution < -0.4 is 10.6 Å². The molecule has 2 N–H and O–H groups in total. The second-order valence-corrected chi connectivity index (χ2v) is 8.23. The lowest BCUT2D eigenvalue weighted by Gasteiger charge is -2.20. The highest BCUT2D eigenvalue weighted by Gasteiger charge is 2.27. The molecule has 3 rings (SSSR count). The van der Waals surface area contributed by atoms with Gasteiger partial charge in [0.05, 0.1) is 6.54 Å². The molecule has 0 spiro atoms. The number of nitrogens with one attached hydrogen (secondary N) is 2. The fourth-order valence-corrected chi connectivity index (χ4v) is 3.63. The molecule has 0 bridgehead atoms. The number of benzene rings is 1. The number of likely N-dealkylation sites (tertiary alicyclic amines) is 1. The molecule has 1 aromatic heterocycles. The number of halogens is 1. The number of aromatic nitrogens is 2. The lowest BCUT2D eigenvalue weighted by Crippen LogP contribution is -2.45. The normalized spacial score (nSPS) is 16.2. The molecule has 9 heteroatoms. The molecule has 2 heterocycles. The van der Waals surface area contributed by atoms with E-state index in [-0.39, 0.29) is 41.8 Å². The van der Waals surface area contributed by atoms with Gasteiger partial charge in [-0.2, -0.15) is 4.98 Å². The largest absolute Gasteiger partial charge is 0.357 e. The summed E-state index contributed by atoms with van der Waals surface area (Å²) in [5.74, 6) is 2.29. The Balaban J connectivity index is 0.00000363. The van der Waals surface area contributed by atoms with Crippen molar-refractivity contribution in [2.24, 2.45) is 10.9 Å². The van der Waals surface area contributed by atoms with Crippen molar-refractivity contribution in [3.63, 3.8) is 0 Å². The van der Waals surface area contributed by atoms with Gasteiger partial charge in [-0.3, -0.25) is 4.79 Å². The molecule has 1 aliphatic heterocycles. The number of nitrogens with zero attached hydrogens (tertiary/aromatic N) is 4. The first-order valence-corrected chi connectivity index (χ1v) is 11.3. The molecule has 1 saturated heterocycles. The molecule has 0 saturated carbocycles. The van der Waals surface area contributed by atoms with Crippen LogP contribution in [0.2, 0.25) is 0 Å². The molecule has 1 aliphatic rings. The highest BCUT2D eigenvalue weighted by Crippen LogP contribution is 2.19. The first kappa shape index (κ1) is 26.1. The SMILES string of the molecule is CCCc1noc(-c2cccc(CN=C(NCC)NC3CCN(C(=O)C(C)C)C3)c2)n1.I. The van der Waals surface area contributed by atoms with Crippen LogP contribution in [0, 0.1) is 5.92 Å². The zero-order chi connectivity index (χ0) is 22.2. The van der Waals surface area contributed by atoms with E-state index in [4.69, 9.17) is 9.52 Å². The van der Waals surface area contributed by atoms with Gasteiger partial charge >= 0.3 is 0 Å². The monoisotopic (exact) mass is 554 g/mol. The average Bonchev–Trinajstić information content (AvgIpc) is 3.42. The molecular weight excluding hydrogens is 519 g/mol. The van der Waals surface area contributed by atoms with Crippen molar-refractivity contribution in [1.82, 2.24) is 25.7 Å². The first-order valence-electron chi connectivity index (χ1n) is 11.3. The van der Waals surface area contributed by atoms with Crippen LogP contribution in [0.3, 0.4) is 0 Å². The number of amides is 1. The van der Waals surface area contributed by atoms with Gasteiger partial charge in [0.1, 0.15) is 0 Å². The van der Waals surface area contributed by atoms with E-state index >= 15 is 0 Å². The number of hydrogen-bond donors (Lipinski definition) is 2. The van der Waals surface area contributed by atoms with E-state index in [2.05, 4.69) is 27.7 Å². The fourth-order valence-electron chi connectivity index (χ4n) is 3.63. The van der Waals surface area contributed by atoms with Gasteiger partial charge < -0.3 is 20.1 Å². The van der Waals surface area contributed by atoms with Gasteiger partial charge in [0.25, 0.3) is 5.89 Å². The second-order valence-electron chi connectivity index (χ2n) is 8.23. The number of carbonyl (C=O) groups is 1. The summed E-state index contributed by atoms with van der Waals surface area (Å²) in [6.45, 7) is 10.8. The van der Waals surface area contributed by atoms with E-state index < -0.39 is 0 Å². The molecule has 1 amide bonds. The van der Waals surface area contributed by atoms with Crippen molar-refractivity contribution in [2.45, 2.75) is 59.5 Å². The Labute approximate surface area is 207 Å². The Bertz CT molecular complexity index is 898. The van der Waals surface area contributed by atoms with Crippen LogP contribution in [0.15, 0.2) is 33.8 Å². The van der Waals surface area contributed by atoms with Crippen molar-refractivity contribution >= 4 is 35.8 Å². The van der Waals surface area contributed by atoms with Crippen molar-refractivity contribution in [2.75, 3.05) is 19.6 Å². The summed E-state index contributed by atoms with van der Waals surface area (Å²) in [5, 5.41) is 10.8. The summed E-state index contributed by atoms with van der Waals surface area (Å²) in [4.78, 5) is 23.4. The maximum absolute atomic E-state index is 12.2. The summed E-state index contributed by atoms with van der Waals surface area (Å²) < 4.78 is 5.40. The molecule has 0 aliphatic carbocycles. The van der Waals surface area contributed by atoms with Gasteiger partial charge in [-0.1, -0.05) is 38.1 Å². The van der Waals surface area contributed by atoms with Crippen molar-refractivity contribution in [1.29, 1.82) is 0 Å². The number of guanidine groups is 1. The van der Waals surface area contributed by atoms with Crippen LogP contribution in [-0.2, 0) is 17.8 Å². The molecule has 1 fully saturated rings. The van der Waals surface area contributed by atoms with Gasteiger partial charge in [-0.15, -0.1) is 24.0 Å². The summed E-state index contributed by atoms with van der Waals surface area (Å²) in [5.41, 5.74) is 1.96. The maximum atomic E-state index is 12.2. The molecular formula is C23H35IN6O2. The molecule has 176 valence electrons. The Morgan fingerprint density at radius 3 is 2.88 bits per heavy atom. The van der Waals surface area contributed by atoms with Gasteiger partial charge in [0.2, 0.25) is 5.91 Å². The molecule has 1 atom stereocenters. The summed E-state index contributed by atoms with van der Waals surface area (Å²) in [6.07, 6.45) is 2.72. The molecule has 2 aromatic rings. The minimum absolute atomic E-state index is 0. The van der Waals surface area contributed by atoms with Gasteiger partial charge in [0, 0.05) is 43.6 Å². The molecule has 8 nitrogen and oxygen atoms in total. The fraction of sp³-hybridized carbons (Fsp3) is 0.565. The van der Waals surface area contributed by atoms with Crippen molar-refractivity contribution in [3.05, 3.63) is 35.7 Å². The number of carbonyl (C=O) groups excluding carboxylic acids is 1. The van der Waals surface area contributed by atoms with Crippen LogP contribution >= 0.6 is 24.0 Å². The van der Waals surface area contributed by atoms with E-state index in [0.29, 0.717) is 19.0 Å². The maximum Gasteiger partial charge on any atom is 0.257 e. The summed E-state index contributed by atoms with van der Waals surface area (Å²) in [6, 6.07) is 8.24. The van der Waals surface area contributed by atoms with Crippen LogP contribution in [0.1, 0.15) is 51.9 Å². The van der Waals surface area contributed by atoms with Crippen LogP contribution in [0.5, 0.6) is 0 Å². The Morgan fingerprint density at radius 2 is 2.16 bits per heavy atom. The van der Waals surface area contributed by atoms with Gasteiger partial charge in [-0.05, 0) is 37.5 Å². The molecule has 1 aromatic carbocycles. The highest BCUT2D eigenvalue weighted by atomic mass is 127. The zero-order valence-electron chi connectivity index (χ0n) is 19.4.